The third-order valence-corrected chi connectivity index (χ3v) is 6.22. The standard InChI is InChI=1S/C25H33N3O3S/c1-14(2)12-26-21(29)11-19-13-32-25-27-18(7)22(24(30)31-15(3)4)23(28(19)25)20-9-8-16(5)10-17(20)6/h8-10,13-15,23H,11-12H2,1-7H3,(H,26,29)/t23-/m0/s1. The number of thioether (sulfide) groups is 1. The number of carbonyl (C=O) groups excluding carboxylic acids is 2. The zero-order valence-corrected chi connectivity index (χ0v) is 20.8. The van der Waals surface area contributed by atoms with Gasteiger partial charge in [0.1, 0.15) is 0 Å². The summed E-state index contributed by atoms with van der Waals surface area (Å²) >= 11 is 1.49. The maximum absolute atomic E-state index is 13.2. The molecular weight excluding hydrogens is 422 g/mol. The smallest absolute Gasteiger partial charge is 0.338 e. The van der Waals surface area contributed by atoms with Crippen LogP contribution in [0.25, 0.3) is 0 Å². The molecule has 7 heteroatoms. The third-order valence-electron chi connectivity index (χ3n) is 5.33. The van der Waals surface area contributed by atoms with Crippen LogP contribution in [0.2, 0.25) is 0 Å². The van der Waals surface area contributed by atoms with Gasteiger partial charge in [-0.05, 0) is 57.1 Å². The van der Waals surface area contributed by atoms with E-state index in [0.717, 1.165) is 27.6 Å². The molecule has 1 aromatic carbocycles. The van der Waals surface area contributed by atoms with Crippen molar-refractivity contribution in [3.8, 4) is 0 Å². The highest BCUT2D eigenvalue weighted by molar-refractivity contribution is 8.16. The first-order valence-corrected chi connectivity index (χ1v) is 12.0. The molecule has 1 aromatic rings. The van der Waals surface area contributed by atoms with Gasteiger partial charge in [0.15, 0.2) is 5.17 Å². The number of carbonyl (C=O) groups is 2. The van der Waals surface area contributed by atoms with Gasteiger partial charge in [-0.25, -0.2) is 9.79 Å². The highest BCUT2D eigenvalue weighted by Gasteiger charge is 2.41. The summed E-state index contributed by atoms with van der Waals surface area (Å²) < 4.78 is 5.61. The van der Waals surface area contributed by atoms with E-state index >= 15 is 0 Å². The molecule has 172 valence electrons. The Labute approximate surface area is 195 Å². The molecule has 0 fully saturated rings. The van der Waals surface area contributed by atoms with Crippen LogP contribution in [0.15, 0.2) is 45.6 Å². The van der Waals surface area contributed by atoms with Crippen LogP contribution in [0.4, 0.5) is 0 Å². The van der Waals surface area contributed by atoms with Gasteiger partial charge in [0.25, 0.3) is 0 Å². The van der Waals surface area contributed by atoms with Gasteiger partial charge < -0.3 is 15.0 Å². The molecule has 0 aromatic heterocycles. The van der Waals surface area contributed by atoms with Crippen molar-refractivity contribution in [2.45, 2.75) is 67.0 Å². The third kappa shape index (κ3) is 5.26. The van der Waals surface area contributed by atoms with Crippen LogP contribution in [0.5, 0.6) is 0 Å². The summed E-state index contributed by atoms with van der Waals surface area (Å²) in [5, 5.41) is 5.73. The van der Waals surface area contributed by atoms with Crippen LogP contribution in [0.1, 0.15) is 63.8 Å². The number of hydrogen-bond donors (Lipinski definition) is 1. The Kier molecular flexibility index (Phi) is 7.49. The van der Waals surface area contributed by atoms with E-state index in [2.05, 4.69) is 51.2 Å². The number of ether oxygens (including phenoxy) is 1. The summed E-state index contributed by atoms with van der Waals surface area (Å²) in [5.41, 5.74) is 5.25. The number of amidine groups is 1. The summed E-state index contributed by atoms with van der Waals surface area (Å²) in [7, 11) is 0. The van der Waals surface area contributed by atoms with E-state index in [1.54, 1.807) is 0 Å². The lowest BCUT2D eigenvalue weighted by Gasteiger charge is -2.37. The lowest BCUT2D eigenvalue weighted by Crippen LogP contribution is -2.39. The molecule has 0 saturated carbocycles. The van der Waals surface area contributed by atoms with Crippen molar-refractivity contribution >= 4 is 28.8 Å². The van der Waals surface area contributed by atoms with E-state index in [4.69, 9.17) is 9.73 Å². The number of aryl methyl sites for hydroxylation is 2. The van der Waals surface area contributed by atoms with Gasteiger partial charge in [0.2, 0.25) is 5.91 Å². The SMILES string of the molecule is CC1=C(C(=O)OC(C)C)[C@H](c2ccc(C)cc2C)N2C(CC(=O)NCC(C)C)=CSC2=N1. The molecule has 1 atom stereocenters. The number of benzene rings is 1. The number of hydrogen-bond acceptors (Lipinski definition) is 6. The minimum Gasteiger partial charge on any atom is -0.459 e. The van der Waals surface area contributed by atoms with Crippen LogP contribution < -0.4 is 5.32 Å². The molecule has 3 rings (SSSR count). The van der Waals surface area contributed by atoms with Crippen molar-refractivity contribution in [2.24, 2.45) is 10.9 Å². The maximum Gasteiger partial charge on any atom is 0.338 e. The normalized spacial score (nSPS) is 18.0. The predicted octanol–water partition coefficient (Wildman–Crippen LogP) is 4.99. The maximum atomic E-state index is 13.2. The Hall–Kier alpha value is -2.54. The van der Waals surface area contributed by atoms with Crippen molar-refractivity contribution in [3.05, 3.63) is 57.3 Å². The van der Waals surface area contributed by atoms with Gasteiger partial charge >= 0.3 is 5.97 Å². The second-order valence-electron chi connectivity index (χ2n) is 9.08. The fourth-order valence-corrected chi connectivity index (χ4v) is 4.84. The number of nitrogens with one attached hydrogen (secondary N) is 1. The molecule has 1 N–H and O–H groups in total. The molecule has 2 heterocycles. The Bertz CT molecular complexity index is 1010. The van der Waals surface area contributed by atoms with Gasteiger partial charge in [-0.3, -0.25) is 4.79 Å². The molecule has 0 unspecified atom stereocenters. The molecule has 2 aliphatic heterocycles. The Balaban J connectivity index is 2.03. The van der Waals surface area contributed by atoms with Crippen molar-refractivity contribution in [3.63, 3.8) is 0 Å². The molecule has 0 radical (unpaired) electrons. The van der Waals surface area contributed by atoms with Gasteiger partial charge in [0, 0.05) is 12.2 Å². The molecular formula is C25H33N3O3S. The predicted molar refractivity (Wildman–Crippen MR) is 130 cm³/mol. The highest BCUT2D eigenvalue weighted by atomic mass is 32.2. The fourth-order valence-electron chi connectivity index (χ4n) is 3.88. The van der Waals surface area contributed by atoms with Gasteiger partial charge in [-0.15, -0.1) is 0 Å². The minimum absolute atomic E-state index is 0.0382. The Morgan fingerprint density at radius 1 is 1.19 bits per heavy atom. The van der Waals surface area contributed by atoms with Gasteiger partial charge in [-0.2, -0.15) is 0 Å². The summed E-state index contributed by atoms with van der Waals surface area (Å²) in [5.74, 6) is -0.0292. The van der Waals surface area contributed by atoms with Crippen LogP contribution in [-0.2, 0) is 14.3 Å². The van der Waals surface area contributed by atoms with Crippen molar-refractivity contribution in [1.29, 1.82) is 0 Å². The minimum atomic E-state index is -0.395. The first-order chi connectivity index (χ1) is 15.1. The first kappa shape index (κ1) is 24.1. The molecule has 0 saturated heterocycles. The number of esters is 1. The van der Waals surface area contributed by atoms with Crippen LogP contribution in [0.3, 0.4) is 0 Å². The largest absolute Gasteiger partial charge is 0.459 e. The molecule has 6 nitrogen and oxygen atoms in total. The van der Waals surface area contributed by atoms with E-state index in [1.165, 1.54) is 11.8 Å². The number of aliphatic imine (C=N–C) groups is 1. The van der Waals surface area contributed by atoms with Gasteiger partial charge in [0.05, 0.1) is 29.8 Å². The number of allylic oxidation sites excluding steroid dienone is 1. The van der Waals surface area contributed by atoms with E-state index < -0.39 is 6.04 Å². The average Bonchev–Trinajstić information content (AvgIpc) is 3.07. The summed E-state index contributed by atoms with van der Waals surface area (Å²) in [4.78, 5) is 32.6. The lowest BCUT2D eigenvalue weighted by molar-refractivity contribution is -0.143. The zero-order valence-electron chi connectivity index (χ0n) is 20.0. The van der Waals surface area contributed by atoms with E-state index in [9.17, 15) is 9.59 Å². The Morgan fingerprint density at radius 2 is 1.91 bits per heavy atom. The quantitative estimate of drug-likeness (QED) is 0.587. The zero-order chi connectivity index (χ0) is 23.6. The summed E-state index contributed by atoms with van der Waals surface area (Å²) in [6.45, 7) is 14.4. The number of rotatable bonds is 7. The molecule has 0 bridgehead atoms. The summed E-state index contributed by atoms with van der Waals surface area (Å²) in [6.07, 6.45) is -0.0103. The van der Waals surface area contributed by atoms with Crippen molar-refractivity contribution in [2.75, 3.05) is 6.54 Å². The van der Waals surface area contributed by atoms with Crippen LogP contribution in [0, 0.1) is 19.8 Å². The highest BCUT2D eigenvalue weighted by Crippen LogP contribution is 2.45. The lowest BCUT2D eigenvalue weighted by atomic mass is 9.90. The molecule has 1 amide bonds. The first-order valence-electron chi connectivity index (χ1n) is 11.1. The van der Waals surface area contributed by atoms with Crippen LogP contribution in [-0.4, -0.2) is 34.6 Å². The van der Waals surface area contributed by atoms with E-state index in [1.807, 2.05) is 31.1 Å². The van der Waals surface area contributed by atoms with E-state index in [0.29, 0.717) is 23.7 Å². The van der Waals surface area contributed by atoms with Crippen LogP contribution >= 0.6 is 11.8 Å². The summed E-state index contributed by atoms with van der Waals surface area (Å²) in [6, 6.07) is 5.83. The van der Waals surface area contributed by atoms with Gasteiger partial charge in [-0.1, -0.05) is 49.4 Å². The molecule has 2 aliphatic rings. The monoisotopic (exact) mass is 455 g/mol. The molecule has 0 aliphatic carbocycles. The average molecular weight is 456 g/mol. The Morgan fingerprint density at radius 3 is 2.53 bits per heavy atom. The molecule has 0 spiro atoms. The number of fused-ring (bicyclic) bond motifs is 1. The molecule has 32 heavy (non-hydrogen) atoms. The number of nitrogens with zero attached hydrogens (tertiary/aromatic N) is 2. The van der Waals surface area contributed by atoms with E-state index in [-0.39, 0.29) is 24.4 Å². The fraction of sp³-hybridized carbons (Fsp3) is 0.480. The number of amides is 1. The second kappa shape index (κ2) is 9.94. The topological polar surface area (TPSA) is 71.0 Å². The second-order valence-corrected chi connectivity index (χ2v) is 9.92. The van der Waals surface area contributed by atoms with Crippen molar-refractivity contribution < 1.29 is 14.3 Å². The van der Waals surface area contributed by atoms with Crippen molar-refractivity contribution in [1.82, 2.24) is 10.2 Å².